The molecule has 0 aliphatic carbocycles. The molecule has 0 spiro atoms. The molecule has 2 N–H and O–H groups in total. The molecule has 2 aromatic rings. The van der Waals surface area contributed by atoms with E-state index in [2.05, 4.69) is 10.2 Å². The van der Waals surface area contributed by atoms with Crippen molar-refractivity contribution in [1.82, 2.24) is 0 Å². The normalized spacial score (nSPS) is 10.9. The first-order valence-corrected chi connectivity index (χ1v) is 5.51. The fraction of sp³-hybridized carbons (Fsp3) is 0.143. The van der Waals surface area contributed by atoms with E-state index in [1.165, 1.54) is 0 Å². The Balaban J connectivity index is 2.31. The van der Waals surface area contributed by atoms with Crippen LogP contribution in [0.1, 0.15) is 11.1 Å². The van der Waals surface area contributed by atoms with Crippen LogP contribution in [0, 0.1) is 13.8 Å². The number of nitrogens with zero attached hydrogens (tertiary/aromatic N) is 2. The fourth-order valence-electron chi connectivity index (χ4n) is 1.54. The van der Waals surface area contributed by atoms with Crippen LogP contribution in [0.4, 0.5) is 17.1 Å². The van der Waals surface area contributed by atoms with Gasteiger partial charge in [0.25, 0.3) is 0 Å². The van der Waals surface area contributed by atoms with E-state index in [0.29, 0.717) is 0 Å². The predicted octanol–water partition coefficient (Wildman–Crippen LogP) is 4.30. The lowest BCUT2D eigenvalue weighted by Crippen LogP contribution is -1.91. The smallest absolute Gasteiger partial charge is 0.0890 e. The second kappa shape index (κ2) is 4.78. The van der Waals surface area contributed by atoms with Gasteiger partial charge in [0, 0.05) is 5.69 Å². The first kappa shape index (κ1) is 11.3. The highest BCUT2D eigenvalue weighted by Gasteiger charge is 2.02. The summed E-state index contributed by atoms with van der Waals surface area (Å²) in [7, 11) is 0. The fourth-order valence-corrected chi connectivity index (χ4v) is 1.54. The largest absolute Gasteiger partial charge is 0.399 e. The molecule has 2 rings (SSSR count). The Bertz CT molecular complexity index is 545. The monoisotopic (exact) mass is 225 g/mol. The molecule has 0 bridgehead atoms. The molecule has 0 aromatic heterocycles. The highest BCUT2D eigenvalue weighted by Crippen LogP contribution is 2.27. The molecule has 0 unspecified atom stereocenters. The van der Waals surface area contributed by atoms with Gasteiger partial charge in [0.05, 0.1) is 11.4 Å². The third-order valence-corrected chi connectivity index (χ3v) is 2.83. The van der Waals surface area contributed by atoms with E-state index in [-0.39, 0.29) is 0 Å². The van der Waals surface area contributed by atoms with Crippen LogP contribution in [0.3, 0.4) is 0 Å². The van der Waals surface area contributed by atoms with Gasteiger partial charge in [-0.3, -0.25) is 0 Å². The molecule has 0 saturated heterocycles. The Hall–Kier alpha value is -2.16. The second-order valence-electron chi connectivity index (χ2n) is 3.96. The zero-order valence-corrected chi connectivity index (χ0v) is 10.0. The quantitative estimate of drug-likeness (QED) is 0.601. The third-order valence-electron chi connectivity index (χ3n) is 2.83. The Morgan fingerprint density at radius 3 is 2.24 bits per heavy atom. The minimum absolute atomic E-state index is 0.793. The molecular weight excluding hydrogens is 210 g/mol. The Labute approximate surface area is 101 Å². The number of azo groups is 1. The molecule has 17 heavy (non-hydrogen) atoms. The summed E-state index contributed by atoms with van der Waals surface area (Å²) in [5.41, 5.74) is 10.5. The van der Waals surface area contributed by atoms with Crippen molar-refractivity contribution >= 4 is 17.1 Å². The third kappa shape index (κ3) is 2.50. The minimum atomic E-state index is 0.793. The summed E-state index contributed by atoms with van der Waals surface area (Å²) in [4.78, 5) is 0. The SMILES string of the molecule is Cc1c(N)ccc(N=Nc2ccccc2)c1C. The molecule has 0 amide bonds. The van der Waals surface area contributed by atoms with Crippen LogP contribution in [0.25, 0.3) is 0 Å². The highest BCUT2D eigenvalue weighted by atomic mass is 15.1. The molecule has 2 aromatic carbocycles. The predicted molar refractivity (Wildman–Crippen MR) is 70.9 cm³/mol. The van der Waals surface area contributed by atoms with Crippen LogP contribution in [0.5, 0.6) is 0 Å². The highest BCUT2D eigenvalue weighted by molar-refractivity contribution is 5.60. The van der Waals surface area contributed by atoms with Gasteiger partial charge in [-0.25, -0.2) is 0 Å². The Morgan fingerprint density at radius 1 is 0.824 bits per heavy atom. The van der Waals surface area contributed by atoms with Gasteiger partial charge < -0.3 is 5.73 Å². The van der Waals surface area contributed by atoms with Gasteiger partial charge in [0.15, 0.2) is 0 Å². The summed E-state index contributed by atoms with van der Waals surface area (Å²) in [6, 6.07) is 13.4. The lowest BCUT2D eigenvalue weighted by molar-refractivity contribution is 1.19. The van der Waals surface area contributed by atoms with E-state index in [1.807, 2.05) is 56.3 Å². The second-order valence-corrected chi connectivity index (χ2v) is 3.96. The lowest BCUT2D eigenvalue weighted by atomic mass is 10.1. The number of rotatable bonds is 2. The van der Waals surface area contributed by atoms with E-state index in [9.17, 15) is 0 Å². The van der Waals surface area contributed by atoms with Crippen molar-refractivity contribution in [1.29, 1.82) is 0 Å². The maximum absolute atomic E-state index is 5.82. The van der Waals surface area contributed by atoms with Crippen molar-refractivity contribution in [3.05, 3.63) is 53.6 Å². The van der Waals surface area contributed by atoms with Crippen LogP contribution in [-0.2, 0) is 0 Å². The Morgan fingerprint density at radius 2 is 1.53 bits per heavy atom. The molecule has 3 nitrogen and oxygen atoms in total. The maximum Gasteiger partial charge on any atom is 0.0890 e. The van der Waals surface area contributed by atoms with E-state index in [1.54, 1.807) is 0 Å². The van der Waals surface area contributed by atoms with Gasteiger partial charge in [-0.1, -0.05) is 18.2 Å². The summed E-state index contributed by atoms with van der Waals surface area (Å²) in [5.74, 6) is 0. The van der Waals surface area contributed by atoms with E-state index < -0.39 is 0 Å². The molecule has 0 atom stereocenters. The zero-order valence-electron chi connectivity index (χ0n) is 10.0. The van der Waals surface area contributed by atoms with Gasteiger partial charge in [0.2, 0.25) is 0 Å². The summed E-state index contributed by atoms with van der Waals surface area (Å²) in [6.45, 7) is 4.00. The van der Waals surface area contributed by atoms with Crippen LogP contribution < -0.4 is 5.73 Å². The van der Waals surface area contributed by atoms with Crippen LogP contribution in [0.15, 0.2) is 52.7 Å². The van der Waals surface area contributed by atoms with Gasteiger partial charge in [-0.2, -0.15) is 10.2 Å². The van der Waals surface area contributed by atoms with Crippen molar-refractivity contribution in [2.75, 3.05) is 5.73 Å². The molecule has 86 valence electrons. The summed E-state index contributed by atoms with van der Waals surface area (Å²) in [6.07, 6.45) is 0. The van der Waals surface area contributed by atoms with Crippen LogP contribution in [-0.4, -0.2) is 0 Å². The maximum atomic E-state index is 5.82. The molecule has 0 saturated carbocycles. The molecular formula is C14H15N3. The molecule has 0 aliphatic heterocycles. The van der Waals surface area contributed by atoms with Crippen LogP contribution >= 0.6 is 0 Å². The standard InChI is InChI=1S/C14H15N3/c1-10-11(2)14(9-8-13(10)15)17-16-12-6-4-3-5-7-12/h3-9H,15H2,1-2H3. The number of nitrogens with two attached hydrogens (primary N) is 1. The van der Waals surface area contributed by atoms with E-state index >= 15 is 0 Å². The van der Waals surface area contributed by atoms with E-state index in [0.717, 1.165) is 28.2 Å². The first-order valence-electron chi connectivity index (χ1n) is 5.51. The molecule has 3 heteroatoms. The molecule has 0 heterocycles. The van der Waals surface area contributed by atoms with Gasteiger partial charge >= 0.3 is 0 Å². The number of anilines is 1. The van der Waals surface area contributed by atoms with Crippen molar-refractivity contribution in [2.45, 2.75) is 13.8 Å². The Kier molecular flexibility index (Phi) is 3.19. The number of hydrogen-bond acceptors (Lipinski definition) is 3. The van der Waals surface area contributed by atoms with Gasteiger partial charge in [-0.05, 0) is 49.2 Å². The van der Waals surface area contributed by atoms with Gasteiger partial charge in [0.1, 0.15) is 0 Å². The van der Waals surface area contributed by atoms with E-state index in [4.69, 9.17) is 5.73 Å². The van der Waals surface area contributed by atoms with Crippen LogP contribution in [0.2, 0.25) is 0 Å². The number of hydrogen-bond donors (Lipinski definition) is 1. The summed E-state index contributed by atoms with van der Waals surface area (Å²) < 4.78 is 0. The minimum Gasteiger partial charge on any atom is -0.399 e. The molecule has 0 aliphatic rings. The first-order chi connectivity index (χ1) is 8.18. The summed E-state index contributed by atoms with van der Waals surface area (Å²) >= 11 is 0. The van der Waals surface area contributed by atoms with Crippen molar-refractivity contribution < 1.29 is 0 Å². The number of benzene rings is 2. The zero-order chi connectivity index (χ0) is 12.3. The lowest BCUT2D eigenvalue weighted by Gasteiger charge is -2.06. The number of nitrogen functional groups attached to an aromatic ring is 1. The topological polar surface area (TPSA) is 50.7 Å². The molecule has 0 fully saturated rings. The van der Waals surface area contributed by atoms with Crippen molar-refractivity contribution in [3.63, 3.8) is 0 Å². The summed E-state index contributed by atoms with van der Waals surface area (Å²) in [5, 5.41) is 8.44. The average Bonchev–Trinajstić information content (AvgIpc) is 2.36. The molecule has 0 radical (unpaired) electrons. The van der Waals surface area contributed by atoms with Crippen molar-refractivity contribution in [2.24, 2.45) is 10.2 Å². The average molecular weight is 225 g/mol. The van der Waals surface area contributed by atoms with Gasteiger partial charge in [-0.15, -0.1) is 0 Å². The van der Waals surface area contributed by atoms with Crippen molar-refractivity contribution in [3.8, 4) is 0 Å².